The summed E-state index contributed by atoms with van der Waals surface area (Å²) in [7, 11) is 0. The maximum Gasteiger partial charge on any atom is 0.166 e. The van der Waals surface area contributed by atoms with E-state index in [9.17, 15) is 9.18 Å². The van der Waals surface area contributed by atoms with Crippen LogP contribution in [0, 0.1) is 25.6 Å². The number of rotatable bonds is 2. The highest BCUT2D eigenvalue weighted by molar-refractivity contribution is 6.00. The zero-order valence-electron chi connectivity index (χ0n) is 9.85. The lowest BCUT2D eigenvalue weighted by molar-refractivity contribution is 0.0921. The summed E-state index contributed by atoms with van der Waals surface area (Å²) in [5.41, 5.74) is 2.29. The molecule has 0 heterocycles. The topological polar surface area (TPSA) is 17.1 Å². The summed E-state index contributed by atoms with van der Waals surface area (Å²) in [6.07, 6.45) is 4.29. The number of hydrogen-bond donors (Lipinski definition) is 0. The largest absolute Gasteiger partial charge is 0.294 e. The standard InChI is InChI=1S/C14H17FO/c1-9-7-12(15)8-10(2)13(9)14(16)11-5-3-4-6-11/h7-8,11H,3-6H2,1-2H3. The van der Waals surface area contributed by atoms with Crippen LogP contribution < -0.4 is 0 Å². The van der Waals surface area contributed by atoms with E-state index in [1.54, 1.807) is 0 Å². The van der Waals surface area contributed by atoms with E-state index >= 15 is 0 Å². The Labute approximate surface area is 95.7 Å². The molecule has 0 saturated heterocycles. The Morgan fingerprint density at radius 2 is 1.69 bits per heavy atom. The minimum Gasteiger partial charge on any atom is -0.294 e. The SMILES string of the molecule is Cc1cc(F)cc(C)c1C(=O)C1CCCC1. The lowest BCUT2D eigenvalue weighted by atomic mass is 9.90. The molecule has 0 aromatic heterocycles. The van der Waals surface area contributed by atoms with Gasteiger partial charge in [0, 0.05) is 11.5 Å². The van der Waals surface area contributed by atoms with Gasteiger partial charge in [-0.15, -0.1) is 0 Å². The number of aryl methyl sites for hydroxylation is 2. The second-order valence-corrected chi connectivity index (χ2v) is 4.76. The van der Waals surface area contributed by atoms with E-state index in [2.05, 4.69) is 0 Å². The van der Waals surface area contributed by atoms with Crippen molar-refractivity contribution in [3.8, 4) is 0 Å². The first-order valence-electron chi connectivity index (χ1n) is 5.90. The Balaban J connectivity index is 2.35. The van der Waals surface area contributed by atoms with Gasteiger partial charge in [-0.1, -0.05) is 12.8 Å². The molecule has 1 fully saturated rings. The quantitative estimate of drug-likeness (QED) is 0.692. The molecule has 0 atom stereocenters. The summed E-state index contributed by atoms with van der Waals surface area (Å²) in [4.78, 5) is 12.3. The molecule has 86 valence electrons. The van der Waals surface area contributed by atoms with E-state index in [-0.39, 0.29) is 17.5 Å². The van der Waals surface area contributed by atoms with Gasteiger partial charge in [-0.3, -0.25) is 4.79 Å². The van der Waals surface area contributed by atoms with Crippen LogP contribution >= 0.6 is 0 Å². The molecule has 1 saturated carbocycles. The van der Waals surface area contributed by atoms with Crippen LogP contribution in [0.15, 0.2) is 12.1 Å². The molecule has 1 nitrogen and oxygen atoms in total. The molecule has 2 rings (SSSR count). The number of Topliss-reactive ketones (excluding diaryl/α,β-unsaturated/α-hetero) is 1. The minimum atomic E-state index is -0.252. The second-order valence-electron chi connectivity index (χ2n) is 4.76. The third kappa shape index (κ3) is 2.01. The predicted molar refractivity (Wildman–Crippen MR) is 62.2 cm³/mol. The summed E-state index contributed by atoms with van der Waals surface area (Å²) >= 11 is 0. The molecule has 1 aromatic carbocycles. The monoisotopic (exact) mass is 220 g/mol. The molecule has 0 bridgehead atoms. The van der Waals surface area contributed by atoms with Gasteiger partial charge in [0.2, 0.25) is 0 Å². The molecule has 0 amide bonds. The highest BCUT2D eigenvalue weighted by Gasteiger charge is 2.26. The van der Waals surface area contributed by atoms with E-state index in [0.717, 1.165) is 42.4 Å². The van der Waals surface area contributed by atoms with Crippen molar-refractivity contribution in [3.05, 3.63) is 34.6 Å². The summed E-state index contributed by atoms with van der Waals surface area (Å²) in [6.45, 7) is 3.64. The van der Waals surface area contributed by atoms with Crippen molar-refractivity contribution in [2.24, 2.45) is 5.92 Å². The van der Waals surface area contributed by atoms with Gasteiger partial charge in [-0.05, 0) is 49.9 Å². The molecule has 1 aromatic rings. The maximum absolute atomic E-state index is 13.1. The van der Waals surface area contributed by atoms with Gasteiger partial charge < -0.3 is 0 Å². The van der Waals surface area contributed by atoms with Crippen LogP contribution in [0.5, 0.6) is 0 Å². The van der Waals surface area contributed by atoms with E-state index in [1.165, 1.54) is 12.1 Å². The van der Waals surface area contributed by atoms with Gasteiger partial charge >= 0.3 is 0 Å². The van der Waals surface area contributed by atoms with Crippen LogP contribution in [0.1, 0.15) is 47.2 Å². The Bertz CT molecular complexity index is 394. The number of benzene rings is 1. The van der Waals surface area contributed by atoms with E-state index in [4.69, 9.17) is 0 Å². The molecular formula is C14H17FO. The number of halogens is 1. The molecule has 0 unspecified atom stereocenters. The first-order chi connectivity index (χ1) is 7.59. The zero-order valence-corrected chi connectivity index (χ0v) is 9.85. The third-order valence-electron chi connectivity index (χ3n) is 3.47. The summed E-state index contributed by atoms with van der Waals surface area (Å²) < 4.78 is 13.1. The van der Waals surface area contributed by atoms with Crippen molar-refractivity contribution in [1.29, 1.82) is 0 Å². The molecule has 0 spiro atoms. The van der Waals surface area contributed by atoms with E-state index in [1.807, 2.05) is 13.8 Å². The van der Waals surface area contributed by atoms with Crippen molar-refractivity contribution < 1.29 is 9.18 Å². The highest BCUT2D eigenvalue weighted by atomic mass is 19.1. The maximum atomic E-state index is 13.1. The number of carbonyl (C=O) groups excluding carboxylic acids is 1. The number of ketones is 1. The Hall–Kier alpha value is -1.18. The highest BCUT2D eigenvalue weighted by Crippen LogP contribution is 2.30. The predicted octanol–water partition coefficient (Wildman–Crippen LogP) is 3.82. The Kier molecular flexibility index (Phi) is 3.08. The van der Waals surface area contributed by atoms with E-state index in [0.29, 0.717) is 0 Å². The summed E-state index contributed by atoms with van der Waals surface area (Å²) in [5.74, 6) is 0.133. The van der Waals surface area contributed by atoms with Gasteiger partial charge in [0.25, 0.3) is 0 Å². The fourth-order valence-corrected chi connectivity index (χ4v) is 2.69. The van der Waals surface area contributed by atoms with Crippen LogP contribution in [0.4, 0.5) is 4.39 Å². The van der Waals surface area contributed by atoms with Gasteiger partial charge in [0.05, 0.1) is 0 Å². The molecule has 0 radical (unpaired) electrons. The minimum absolute atomic E-state index is 0.169. The molecule has 1 aliphatic carbocycles. The fraction of sp³-hybridized carbons (Fsp3) is 0.500. The molecule has 16 heavy (non-hydrogen) atoms. The van der Waals surface area contributed by atoms with Gasteiger partial charge in [0.1, 0.15) is 5.82 Å². The number of hydrogen-bond acceptors (Lipinski definition) is 1. The molecular weight excluding hydrogens is 203 g/mol. The molecule has 0 N–H and O–H groups in total. The van der Waals surface area contributed by atoms with Crippen molar-refractivity contribution in [2.45, 2.75) is 39.5 Å². The van der Waals surface area contributed by atoms with Gasteiger partial charge in [-0.2, -0.15) is 0 Å². The lowest BCUT2D eigenvalue weighted by Gasteiger charge is -2.13. The second kappa shape index (κ2) is 4.36. The van der Waals surface area contributed by atoms with Crippen molar-refractivity contribution in [3.63, 3.8) is 0 Å². The fourth-order valence-electron chi connectivity index (χ4n) is 2.69. The smallest absolute Gasteiger partial charge is 0.166 e. The molecule has 1 aliphatic rings. The van der Waals surface area contributed by atoms with Crippen LogP contribution in [-0.2, 0) is 0 Å². The van der Waals surface area contributed by atoms with Crippen LogP contribution in [-0.4, -0.2) is 5.78 Å². The average molecular weight is 220 g/mol. The van der Waals surface area contributed by atoms with Crippen LogP contribution in [0.2, 0.25) is 0 Å². The lowest BCUT2D eigenvalue weighted by Crippen LogP contribution is -2.14. The number of carbonyl (C=O) groups is 1. The Morgan fingerprint density at radius 3 is 2.19 bits per heavy atom. The summed E-state index contributed by atoms with van der Waals surface area (Å²) in [6, 6.07) is 2.91. The summed E-state index contributed by atoms with van der Waals surface area (Å²) in [5, 5.41) is 0. The van der Waals surface area contributed by atoms with Crippen molar-refractivity contribution in [2.75, 3.05) is 0 Å². The van der Waals surface area contributed by atoms with Crippen LogP contribution in [0.25, 0.3) is 0 Å². The van der Waals surface area contributed by atoms with Crippen LogP contribution in [0.3, 0.4) is 0 Å². The molecule has 0 aliphatic heterocycles. The van der Waals surface area contributed by atoms with Crippen molar-refractivity contribution >= 4 is 5.78 Å². The van der Waals surface area contributed by atoms with Gasteiger partial charge in [-0.25, -0.2) is 4.39 Å². The van der Waals surface area contributed by atoms with Crippen molar-refractivity contribution in [1.82, 2.24) is 0 Å². The third-order valence-corrected chi connectivity index (χ3v) is 3.47. The molecule has 2 heteroatoms. The normalized spacial score (nSPS) is 16.7. The first-order valence-corrected chi connectivity index (χ1v) is 5.90. The first kappa shape index (κ1) is 11.3. The average Bonchev–Trinajstić information content (AvgIpc) is 2.67. The van der Waals surface area contributed by atoms with Gasteiger partial charge in [0.15, 0.2) is 5.78 Å². The van der Waals surface area contributed by atoms with E-state index < -0.39 is 0 Å². The zero-order chi connectivity index (χ0) is 11.7. The Morgan fingerprint density at radius 1 is 1.19 bits per heavy atom.